The van der Waals surface area contributed by atoms with E-state index >= 15 is 0 Å². The van der Waals surface area contributed by atoms with Crippen LogP contribution in [0.3, 0.4) is 0 Å². The second kappa shape index (κ2) is 10.1. The number of hydrogen-bond donors (Lipinski definition) is 1. The Kier molecular flexibility index (Phi) is 6.66. The Morgan fingerprint density at radius 3 is 2.69 bits per heavy atom. The summed E-state index contributed by atoms with van der Waals surface area (Å²) in [5, 5.41) is 6.15. The first-order valence-electron chi connectivity index (χ1n) is 12.6. The number of aromatic nitrogens is 2. The summed E-state index contributed by atoms with van der Waals surface area (Å²) in [6, 6.07) is 21.0. The first kappa shape index (κ1) is 25.6. The van der Waals surface area contributed by atoms with Gasteiger partial charge < -0.3 is 14.8 Å². The van der Waals surface area contributed by atoms with Crippen molar-refractivity contribution in [2.75, 3.05) is 18.2 Å². The Labute approximate surface area is 233 Å². The lowest BCUT2D eigenvalue weighted by atomic mass is 9.94. The van der Waals surface area contributed by atoms with E-state index in [2.05, 4.69) is 5.32 Å². The number of nitrogens with one attached hydrogen (secondary N) is 1. The maximum absolute atomic E-state index is 14.1. The zero-order valence-electron chi connectivity index (χ0n) is 21.8. The minimum Gasteiger partial charge on any atom is -0.497 e. The number of ether oxygens (including phenoxy) is 2. The fourth-order valence-corrected chi connectivity index (χ4v) is 6.84. The van der Waals surface area contributed by atoms with Gasteiger partial charge in [0.1, 0.15) is 10.6 Å². The highest BCUT2D eigenvalue weighted by Crippen LogP contribution is 2.38. The van der Waals surface area contributed by atoms with Gasteiger partial charge in [0.2, 0.25) is 5.91 Å². The first-order valence-corrected chi connectivity index (χ1v) is 14.4. The number of methoxy groups -OCH3 is 1. The minimum absolute atomic E-state index is 0.0958. The van der Waals surface area contributed by atoms with E-state index in [1.165, 1.54) is 23.1 Å². The lowest BCUT2D eigenvalue weighted by molar-refractivity contribution is -0.113. The number of hydrogen-bond acceptors (Lipinski definition) is 7. The van der Waals surface area contributed by atoms with E-state index < -0.39 is 0 Å². The van der Waals surface area contributed by atoms with Crippen molar-refractivity contribution in [1.29, 1.82) is 0 Å². The molecule has 3 aromatic carbocycles. The molecule has 6 rings (SSSR count). The number of benzene rings is 3. The number of fused-ring (bicyclic) bond motifs is 4. The fourth-order valence-electron chi connectivity index (χ4n) is 4.88. The molecule has 0 fully saturated rings. The summed E-state index contributed by atoms with van der Waals surface area (Å²) in [7, 11) is 1.60. The molecule has 0 unspecified atom stereocenters. The maximum atomic E-state index is 14.1. The number of nitrogens with zero attached hydrogens (tertiary/aromatic N) is 2. The van der Waals surface area contributed by atoms with Crippen molar-refractivity contribution >= 4 is 55.7 Å². The number of carbonyl (C=O) groups is 1. The minimum atomic E-state index is -0.356. The summed E-state index contributed by atoms with van der Waals surface area (Å²) in [6.45, 7) is 4.53. The third-order valence-electron chi connectivity index (χ3n) is 6.80. The molecule has 1 aliphatic heterocycles. The van der Waals surface area contributed by atoms with E-state index in [1.54, 1.807) is 11.7 Å². The molecule has 1 aliphatic rings. The highest BCUT2D eigenvalue weighted by molar-refractivity contribution is 7.99. The molecule has 0 radical (unpaired) electrons. The van der Waals surface area contributed by atoms with Crippen molar-refractivity contribution in [2.24, 2.45) is 0 Å². The van der Waals surface area contributed by atoms with Gasteiger partial charge in [0.15, 0.2) is 5.16 Å². The SMILES string of the molecule is COc1ccc(-n2c(SCC(=O)Nc3cccc4ccccc34)nc3sc4c(c3c2=O)CC(C)(C)OC4)cc1. The van der Waals surface area contributed by atoms with Gasteiger partial charge in [0.25, 0.3) is 5.56 Å². The Morgan fingerprint density at radius 2 is 1.90 bits per heavy atom. The zero-order valence-corrected chi connectivity index (χ0v) is 23.4. The van der Waals surface area contributed by atoms with Crippen LogP contribution in [0, 0.1) is 0 Å². The van der Waals surface area contributed by atoms with Gasteiger partial charge in [-0.05, 0) is 55.1 Å². The van der Waals surface area contributed by atoms with Crippen molar-refractivity contribution in [2.45, 2.75) is 37.6 Å². The molecule has 2 aromatic heterocycles. The number of carbonyl (C=O) groups excluding carboxylic acids is 1. The number of amides is 1. The predicted molar refractivity (Wildman–Crippen MR) is 158 cm³/mol. The number of thiophene rings is 1. The van der Waals surface area contributed by atoms with Crippen LogP contribution in [0.5, 0.6) is 5.75 Å². The molecule has 7 nitrogen and oxygen atoms in total. The van der Waals surface area contributed by atoms with Crippen molar-refractivity contribution in [3.63, 3.8) is 0 Å². The molecule has 0 saturated carbocycles. The largest absolute Gasteiger partial charge is 0.497 e. The van der Waals surface area contributed by atoms with E-state index in [-0.39, 0.29) is 22.8 Å². The smallest absolute Gasteiger partial charge is 0.267 e. The van der Waals surface area contributed by atoms with Crippen LogP contribution in [0.25, 0.3) is 26.7 Å². The van der Waals surface area contributed by atoms with Gasteiger partial charge in [-0.2, -0.15) is 0 Å². The van der Waals surface area contributed by atoms with Gasteiger partial charge in [-0.1, -0.05) is 48.2 Å². The van der Waals surface area contributed by atoms with Crippen LogP contribution in [0.4, 0.5) is 5.69 Å². The van der Waals surface area contributed by atoms with Crippen LogP contribution in [-0.2, 0) is 22.6 Å². The molecule has 0 atom stereocenters. The standard InChI is InChI=1S/C30H27N3O4S2/c1-30(2)15-22-24(16-37-30)39-27-26(22)28(35)33(19-11-13-20(36-3)14-12-19)29(32-27)38-17-25(34)31-23-10-6-8-18-7-4-5-9-21(18)23/h4-14H,15-17H2,1-3H3,(H,31,34). The number of anilines is 1. The Morgan fingerprint density at radius 1 is 1.13 bits per heavy atom. The average Bonchev–Trinajstić information content (AvgIpc) is 3.29. The molecule has 0 aliphatic carbocycles. The first-order chi connectivity index (χ1) is 18.8. The second-order valence-electron chi connectivity index (χ2n) is 10.0. The Balaban J connectivity index is 1.37. The second-order valence-corrected chi connectivity index (χ2v) is 12.0. The summed E-state index contributed by atoms with van der Waals surface area (Å²) < 4.78 is 12.9. The lowest BCUT2D eigenvalue weighted by Crippen LogP contribution is -2.32. The normalized spacial score (nSPS) is 14.3. The Bertz CT molecular complexity index is 1770. The summed E-state index contributed by atoms with van der Waals surface area (Å²) in [5.74, 6) is 0.613. The third kappa shape index (κ3) is 4.93. The zero-order chi connectivity index (χ0) is 27.1. The molecule has 0 saturated heterocycles. The molecule has 0 bridgehead atoms. The molecule has 1 amide bonds. The van der Waals surface area contributed by atoms with E-state index in [1.807, 2.05) is 80.6 Å². The van der Waals surface area contributed by atoms with Crippen LogP contribution in [0.15, 0.2) is 76.7 Å². The average molecular weight is 558 g/mol. The van der Waals surface area contributed by atoms with E-state index in [4.69, 9.17) is 14.5 Å². The summed E-state index contributed by atoms with van der Waals surface area (Å²) >= 11 is 2.74. The summed E-state index contributed by atoms with van der Waals surface area (Å²) in [6.07, 6.45) is 0.641. The highest BCUT2D eigenvalue weighted by Gasteiger charge is 2.31. The van der Waals surface area contributed by atoms with Gasteiger partial charge in [-0.15, -0.1) is 11.3 Å². The third-order valence-corrected chi connectivity index (χ3v) is 8.84. The number of rotatable bonds is 6. The van der Waals surface area contributed by atoms with Gasteiger partial charge in [0.05, 0.1) is 36.1 Å². The molecular weight excluding hydrogens is 530 g/mol. The van der Waals surface area contributed by atoms with Gasteiger partial charge >= 0.3 is 0 Å². The van der Waals surface area contributed by atoms with E-state index in [0.29, 0.717) is 39.8 Å². The van der Waals surface area contributed by atoms with Crippen molar-refractivity contribution in [3.05, 3.63) is 87.5 Å². The molecule has 0 spiro atoms. The number of thioether (sulfide) groups is 1. The van der Waals surface area contributed by atoms with Crippen LogP contribution in [0.2, 0.25) is 0 Å². The Hall–Kier alpha value is -3.66. The van der Waals surface area contributed by atoms with Crippen LogP contribution >= 0.6 is 23.1 Å². The topological polar surface area (TPSA) is 82.5 Å². The lowest BCUT2D eigenvalue weighted by Gasteiger charge is -2.29. The fraction of sp³-hybridized carbons (Fsp3) is 0.233. The molecule has 5 aromatic rings. The highest BCUT2D eigenvalue weighted by atomic mass is 32.2. The predicted octanol–water partition coefficient (Wildman–Crippen LogP) is 6.19. The molecular formula is C30H27N3O4S2. The quantitative estimate of drug-likeness (QED) is 0.198. The maximum Gasteiger partial charge on any atom is 0.267 e. The van der Waals surface area contributed by atoms with Crippen molar-refractivity contribution in [3.8, 4) is 11.4 Å². The summed E-state index contributed by atoms with van der Waals surface area (Å²) in [4.78, 5) is 33.8. The van der Waals surface area contributed by atoms with Crippen LogP contribution in [0.1, 0.15) is 24.3 Å². The van der Waals surface area contributed by atoms with Crippen molar-refractivity contribution in [1.82, 2.24) is 9.55 Å². The van der Waals surface area contributed by atoms with Crippen LogP contribution in [-0.4, -0.2) is 33.9 Å². The van der Waals surface area contributed by atoms with Gasteiger partial charge in [-0.25, -0.2) is 4.98 Å². The molecule has 3 heterocycles. The van der Waals surface area contributed by atoms with Crippen LogP contribution < -0.4 is 15.6 Å². The monoisotopic (exact) mass is 557 g/mol. The van der Waals surface area contributed by atoms with Gasteiger partial charge in [-0.3, -0.25) is 14.2 Å². The molecule has 39 heavy (non-hydrogen) atoms. The van der Waals surface area contributed by atoms with Gasteiger partial charge in [0, 0.05) is 22.4 Å². The molecule has 9 heteroatoms. The van der Waals surface area contributed by atoms with E-state index in [0.717, 1.165) is 26.9 Å². The molecule has 198 valence electrons. The summed E-state index contributed by atoms with van der Waals surface area (Å²) in [5.41, 5.74) is 1.93. The molecule has 1 N–H and O–H groups in total. The van der Waals surface area contributed by atoms with E-state index in [9.17, 15) is 9.59 Å². The van der Waals surface area contributed by atoms with Crippen molar-refractivity contribution < 1.29 is 14.3 Å².